The van der Waals surface area contributed by atoms with Crippen LogP contribution in [0.3, 0.4) is 0 Å². The largest absolute Gasteiger partial charge is 0.494 e. The SMILES string of the molecule is BC(B)(B)NC(=O)c1nnc(NC(=O)C2CC2)cc1Nc1cccc(-c2nc([C@H](N)[C@H](C)O)no2)c1OC. The number of nitrogens with zero attached hydrogens (tertiary/aromatic N) is 4. The molecule has 0 radical (unpaired) electrons. The molecule has 4 rings (SSSR count). The third kappa shape index (κ3) is 6.32. The molecule has 13 nitrogen and oxygen atoms in total. The number of ether oxygens (including phenoxy) is 1. The van der Waals surface area contributed by atoms with Gasteiger partial charge in [0.2, 0.25) is 5.91 Å². The lowest BCUT2D eigenvalue weighted by Gasteiger charge is -2.21. The first-order chi connectivity index (χ1) is 18.0. The predicted octanol–water partition coefficient (Wildman–Crippen LogP) is -1.75. The van der Waals surface area contributed by atoms with Gasteiger partial charge in [0.25, 0.3) is 11.8 Å². The summed E-state index contributed by atoms with van der Waals surface area (Å²) in [6.07, 6.45) is 0.793. The van der Waals surface area contributed by atoms with E-state index < -0.39 is 23.3 Å². The molecule has 0 bridgehead atoms. The molecular formula is C22H29B3N8O5. The molecule has 16 heteroatoms. The van der Waals surface area contributed by atoms with Crippen molar-refractivity contribution in [2.24, 2.45) is 11.7 Å². The highest BCUT2D eigenvalue weighted by molar-refractivity contribution is 6.60. The molecule has 1 aliphatic carbocycles. The van der Waals surface area contributed by atoms with Crippen LogP contribution in [0.25, 0.3) is 11.5 Å². The van der Waals surface area contributed by atoms with Gasteiger partial charge in [0, 0.05) is 12.0 Å². The average Bonchev–Trinajstić information content (AvgIpc) is 3.59. The minimum atomic E-state index is -0.873. The highest BCUT2D eigenvalue weighted by atomic mass is 16.5. The number of carbonyl (C=O) groups excluding carboxylic acids is 2. The van der Waals surface area contributed by atoms with Gasteiger partial charge < -0.3 is 36.1 Å². The molecule has 6 N–H and O–H groups in total. The summed E-state index contributed by atoms with van der Waals surface area (Å²) in [5.74, 6) is 0.209. The van der Waals surface area contributed by atoms with Crippen LogP contribution in [0.15, 0.2) is 28.8 Å². The van der Waals surface area contributed by atoms with Crippen molar-refractivity contribution in [1.82, 2.24) is 25.7 Å². The van der Waals surface area contributed by atoms with Crippen molar-refractivity contribution < 1.29 is 24.0 Å². The molecule has 1 aromatic carbocycles. The first-order valence-corrected chi connectivity index (χ1v) is 12.2. The zero-order chi connectivity index (χ0) is 27.6. The first-order valence-electron chi connectivity index (χ1n) is 12.2. The Morgan fingerprint density at radius 2 is 1.97 bits per heavy atom. The second-order valence-electron chi connectivity index (χ2n) is 10.2. The van der Waals surface area contributed by atoms with E-state index in [2.05, 4.69) is 36.3 Å². The van der Waals surface area contributed by atoms with Gasteiger partial charge in [0.05, 0.1) is 36.2 Å². The molecule has 3 aromatic rings. The fourth-order valence-corrected chi connectivity index (χ4v) is 3.55. The van der Waals surface area contributed by atoms with Crippen LogP contribution in [0.4, 0.5) is 17.2 Å². The Bertz CT molecular complexity index is 1340. The van der Waals surface area contributed by atoms with Gasteiger partial charge in [0.1, 0.15) is 23.5 Å². The van der Waals surface area contributed by atoms with Gasteiger partial charge in [-0.2, -0.15) is 4.98 Å². The molecule has 196 valence electrons. The third-order valence-electron chi connectivity index (χ3n) is 5.68. The molecule has 38 heavy (non-hydrogen) atoms. The zero-order valence-electron chi connectivity index (χ0n) is 21.9. The van der Waals surface area contributed by atoms with E-state index in [4.69, 9.17) is 15.0 Å². The monoisotopic (exact) mass is 518 g/mol. The van der Waals surface area contributed by atoms with Crippen molar-refractivity contribution in [1.29, 1.82) is 0 Å². The number of aromatic nitrogens is 4. The van der Waals surface area contributed by atoms with E-state index in [0.717, 1.165) is 12.8 Å². The number of nitrogens with two attached hydrogens (primary N) is 1. The number of aliphatic hydroxyl groups is 1. The van der Waals surface area contributed by atoms with Crippen LogP contribution in [0.2, 0.25) is 0 Å². The van der Waals surface area contributed by atoms with E-state index in [-0.39, 0.29) is 35.1 Å². The summed E-state index contributed by atoms with van der Waals surface area (Å²) in [6, 6.07) is 5.90. The van der Waals surface area contributed by atoms with Crippen LogP contribution in [-0.2, 0) is 4.79 Å². The molecular weight excluding hydrogens is 489 g/mol. The van der Waals surface area contributed by atoms with Crippen LogP contribution < -0.4 is 26.4 Å². The topological polar surface area (TPSA) is 190 Å². The Hall–Kier alpha value is -3.91. The van der Waals surface area contributed by atoms with Crippen LogP contribution in [0.1, 0.15) is 42.1 Å². The van der Waals surface area contributed by atoms with E-state index in [1.54, 1.807) is 24.3 Å². The van der Waals surface area contributed by atoms with Crippen molar-refractivity contribution >= 4 is 52.5 Å². The summed E-state index contributed by atoms with van der Waals surface area (Å²) in [5.41, 5.74) is 7.17. The first kappa shape index (κ1) is 27.1. The Morgan fingerprint density at radius 3 is 2.61 bits per heavy atom. The Labute approximate surface area is 221 Å². The number of methoxy groups -OCH3 is 1. The van der Waals surface area contributed by atoms with Gasteiger partial charge in [-0.05, 0) is 37.1 Å². The lowest BCUT2D eigenvalue weighted by molar-refractivity contribution is -0.117. The summed E-state index contributed by atoms with van der Waals surface area (Å²) in [4.78, 5) is 29.7. The van der Waals surface area contributed by atoms with Crippen molar-refractivity contribution in [2.75, 3.05) is 17.7 Å². The minimum absolute atomic E-state index is 0.0276. The fraction of sp³-hybridized carbons (Fsp3) is 0.364. The highest BCUT2D eigenvalue weighted by Gasteiger charge is 2.30. The van der Waals surface area contributed by atoms with Crippen LogP contribution in [-0.4, -0.2) is 79.2 Å². The van der Waals surface area contributed by atoms with Gasteiger partial charge in [-0.15, -0.1) is 10.2 Å². The Morgan fingerprint density at radius 1 is 1.24 bits per heavy atom. The second-order valence-corrected chi connectivity index (χ2v) is 10.2. The van der Waals surface area contributed by atoms with Gasteiger partial charge in [-0.1, -0.05) is 11.2 Å². The quantitative estimate of drug-likeness (QED) is 0.192. The summed E-state index contributed by atoms with van der Waals surface area (Å²) < 4.78 is 11.0. The van der Waals surface area contributed by atoms with Gasteiger partial charge in [-0.25, -0.2) is 0 Å². The lowest BCUT2D eigenvalue weighted by atomic mass is 9.49. The third-order valence-corrected chi connectivity index (χ3v) is 5.68. The normalized spacial score (nSPS) is 14.8. The maximum atomic E-state index is 13.0. The summed E-state index contributed by atoms with van der Waals surface area (Å²) in [7, 11) is 7.03. The van der Waals surface area contributed by atoms with E-state index in [0.29, 0.717) is 22.7 Å². The number of carbonyl (C=O) groups is 2. The molecule has 0 aliphatic heterocycles. The van der Waals surface area contributed by atoms with E-state index in [1.165, 1.54) is 14.0 Å². The average molecular weight is 518 g/mol. The number of benzene rings is 1. The number of amides is 2. The number of anilines is 3. The number of rotatable bonds is 10. The molecule has 0 saturated heterocycles. The van der Waals surface area contributed by atoms with Crippen LogP contribution in [0.5, 0.6) is 5.75 Å². The molecule has 1 aliphatic rings. The summed E-state index contributed by atoms with van der Waals surface area (Å²) in [6.45, 7) is 1.53. The smallest absolute Gasteiger partial charge is 0.272 e. The summed E-state index contributed by atoms with van der Waals surface area (Å²) >= 11 is 0. The molecule has 2 heterocycles. The molecule has 0 unspecified atom stereocenters. The van der Waals surface area contributed by atoms with Crippen molar-refractivity contribution in [3.05, 3.63) is 35.8 Å². The molecule has 1 fully saturated rings. The van der Waals surface area contributed by atoms with E-state index in [1.807, 2.05) is 23.5 Å². The van der Waals surface area contributed by atoms with Crippen LogP contribution >= 0.6 is 0 Å². The van der Waals surface area contributed by atoms with E-state index >= 15 is 0 Å². The molecule has 2 amide bonds. The van der Waals surface area contributed by atoms with Crippen molar-refractivity contribution in [2.45, 2.75) is 37.1 Å². The van der Waals surface area contributed by atoms with E-state index in [9.17, 15) is 14.7 Å². The molecule has 1 saturated carbocycles. The van der Waals surface area contributed by atoms with Crippen LogP contribution in [0, 0.1) is 5.92 Å². The number of nitrogens with one attached hydrogen (secondary N) is 3. The maximum absolute atomic E-state index is 13.0. The highest BCUT2D eigenvalue weighted by Crippen LogP contribution is 2.38. The minimum Gasteiger partial charge on any atom is -0.494 e. The zero-order valence-corrected chi connectivity index (χ0v) is 21.9. The van der Waals surface area contributed by atoms with Crippen molar-refractivity contribution in [3.63, 3.8) is 0 Å². The summed E-state index contributed by atoms with van der Waals surface area (Å²) in [5, 5.41) is 30.1. The predicted molar refractivity (Wildman–Crippen MR) is 147 cm³/mol. The number of hydrogen-bond donors (Lipinski definition) is 5. The van der Waals surface area contributed by atoms with Gasteiger partial charge in [-0.3, -0.25) is 9.59 Å². The number of para-hydroxylation sites is 1. The Balaban J connectivity index is 1.71. The molecule has 0 spiro atoms. The molecule has 2 atom stereocenters. The number of hydrogen-bond acceptors (Lipinski definition) is 11. The van der Waals surface area contributed by atoms with Gasteiger partial charge >= 0.3 is 0 Å². The maximum Gasteiger partial charge on any atom is 0.272 e. The molecule has 2 aromatic heterocycles. The standard InChI is InChI=1S/C22H29B3N8O5/c1-9(34)15(26)18-29-21(38-33-18)11-4-3-5-12(17(11)37-2)27-13-8-14(28-19(35)10-6-7-10)31-32-16(13)20(36)30-22(23,24)25/h3-5,8-10,15,34H,6-7,23-26H2,1-2H3,(H,30,36)(H2,27,28,31,35)/t9-,15+/m0/s1. The fourth-order valence-electron chi connectivity index (χ4n) is 3.55. The lowest BCUT2D eigenvalue weighted by Crippen LogP contribution is -2.50. The second kappa shape index (κ2) is 10.8. The Kier molecular flexibility index (Phi) is 7.74. The number of aliphatic hydroxyl groups excluding tert-OH is 1. The van der Waals surface area contributed by atoms with Gasteiger partial charge in [0.15, 0.2) is 23.1 Å². The van der Waals surface area contributed by atoms with Crippen molar-refractivity contribution in [3.8, 4) is 17.2 Å².